The molecule has 17 unspecified atom stereocenters. The first-order valence-electron chi connectivity index (χ1n) is 37.5. The number of unbranched alkanes of at least 4 members (excludes halogenated alkanes) is 27. The largest absolute Gasteiger partial charge is 0.394 e. The van der Waals surface area contributed by atoms with Crippen LogP contribution in [0.5, 0.6) is 0 Å². The second kappa shape index (κ2) is 57.3. The minimum absolute atomic E-state index is 0.228. The number of nitrogens with one attached hydrogen (secondary N) is 1. The van der Waals surface area contributed by atoms with Gasteiger partial charge in [0.05, 0.1) is 38.6 Å². The topological polar surface area (TPSA) is 307 Å². The lowest BCUT2D eigenvalue weighted by Crippen LogP contribution is -2.66. The van der Waals surface area contributed by atoms with Crippen LogP contribution < -0.4 is 5.32 Å². The van der Waals surface area contributed by atoms with Crippen LogP contribution in [0.2, 0.25) is 0 Å². The molecule has 3 rings (SSSR count). The van der Waals surface area contributed by atoms with Gasteiger partial charge >= 0.3 is 0 Å². The number of ether oxygens (including phenoxy) is 6. The van der Waals surface area contributed by atoms with Gasteiger partial charge in [0.1, 0.15) is 73.2 Å². The van der Waals surface area contributed by atoms with E-state index < -0.39 is 124 Å². The van der Waals surface area contributed by atoms with Gasteiger partial charge < -0.3 is 89.9 Å². The molecule has 0 aromatic carbocycles. The van der Waals surface area contributed by atoms with Crippen molar-refractivity contribution in [1.82, 2.24) is 5.32 Å². The molecule has 0 saturated carbocycles. The summed E-state index contributed by atoms with van der Waals surface area (Å²) in [6.45, 7) is 1.61. The van der Waals surface area contributed by atoms with Crippen molar-refractivity contribution < 1.29 is 89.4 Å². The van der Waals surface area contributed by atoms with Gasteiger partial charge in [-0.3, -0.25) is 4.79 Å². The predicted molar refractivity (Wildman–Crippen MR) is 378 cm³/mol. The van der Waals surface area contributed by atoms with Crippen LogP contribution in [0, 0.1) is 0 Å². The van der Waals surface area contributed by atoms with Gasteiger partial charge in [-0.25, -0.2) is 0 Å². The van der Waals surface area contributed by atoms with Crippen molar-refractivity contribution in [2.24, 2.45) is 0 Å². The third-order valence-corrected chi connectivity index (χ3v) is 18.1. The smallest absolute Gasteiger partial charge is 0.220 e. The Morgan fingerprint density at radius 1 is 0.385 bits per heavy atom. The zero-order chi connectivity index (χ0) is 69.6. The van der Waals surface area contributed by atoms with Gasteiger partial charge in [-0.2, -0.15) is 0 Å². The normalized spacial score (nSPS) is 27.6. The molecule has 19 heteroatoms. The van der Waals surface area contributed by atoms with Gasteiger partial charge in [0, 0.05) is 6.42 Å². The molecular formula is C77H133NO18. The Kier molecular flexibility index (Phi) is 51.9. The summed E-state index contributed by atoms with van der Waals surface area (Å²) < 4.78 is 34.4. The summed E-state index contributed by atoms with van der Waals surface area (Å²) in [4.78, 5) is 13.4. The summed E-state index contributed by atoms with van der Waals surface area (Å²) in [6, 6.07) is -0.998. The number of amides is 1. The Hall–Kier alpha value is -3.29. The van der Waals surface area contributed by atoms with Crippen molar-refractivity contribution in [3.8, 4) is 0 Å². The van der Waals surface area contributed by atoms with Crippen LogP contribution in [0.4, 0.5) is 0 Å². The highest BCUT2D eigenvalue weighted by Crippen LogP contribution is 2.33. The van der Waals surface area contributed by atoms with Crippen LogP contribution in [-0.2, 0) is 33.2 Å². The number of aliphatic hydroxyl groups excluding tert-OH is 11. The predicted octanol–water partition coefficient (Wildman–Crippen LogP) is 11.2. The van der Waals surface area contributed by atoms with E-state index in [1.54, 1.807) is 6.08 Å². The summed E-state index contributed by atoms with van der Waals surface area (Å²) >= 11 is 0. The summed E-state index contributed by atoms with van der Waals surface area (Å²) in [5, 5.41) is 121. The number of aliphatic hydroxyl groups is 11. The lowest BCUT2D eigenvalue weighted by molar-refractivity contribution is -0.379. The molecule has 12 N–H and O–H groups in total. The maximum atomic E-state index is 13.4. The molecule has 3 saturated heterocycles. The van der Waals surface area contributed by atoms with Crippen LogP contribution in [0.3, 0.4) is 0 Å². The summed E-state index contributed by atoms with van der Waals surface area (Å²) in [5.74, 6) is -0.290. The van der Waals surface area contributed by atoms with Gasteiger partial charge in [0.25, 0.3) is 0 Å². The van der Waals surface area contributed by atoms with Crippen molar-refractivity contribution in [2.45, 2.75) is 356 Å². The number of carbonyl (C=O) groups is 1. The number of hydrogen-bond donors (Lipinski definition) is 12. The lowest BCUT2D eigenvalue weighted by atomic mass is 9.96. The highest BCUT2D eigenvalue weighted by atomic mass is 16.8. The Balaban J connectivity index is 1.40. The molecule has 554 valence electrons. The van der Waals surface area contributed by atoms with E-state index in [-0.39, 0.29) is 18.9 Å². The van der Waals surface area contributed by atoms with Gasteiger partial charge in [-0.05, 0) is 83.5 Å². The Labute approximate surface area is 577 Å². The van der Waals surface area contributed by atoms with Crippen LogP contribution in [-0.4, -0.2) is 193 Å². The summed E-state index contributed by atoms with van der Waals surface area (Å²) in [7, 11) is 0. The third-order valence-electron chi connectivity index (χ3n) is 18.1. The number of rotatable bonds is 57. The van der Waals surface area contributed by atoms with Crippen molar-refractivity contribution in [3.05, 3.63) is 97.2 Å². The van der Waals surface area contributed by atoms with Crippen molar-refractivity contribution >= 4 is 5.91 Å². The molecule has 96 heavy (non-hydrogen) atoms. The maximum absolute atomic E-state index is 13.4. The second-order valence-electron chi connectivity index (χ2n) is 26.4. The zero-order valence-electron chi connectivity index (χ0n) is 58.8. The maximum Gasteiger partial charge on any atom is 0.220 e. The van der Waals surface area contributed by atoms with Gasteiger partial charge in [0.15, 0.2) is 18.9 Å². The van der Waals surface area contributed by atoms with E-state index in [9.17, 15) is 61.0 Å². The molecule has 0 aliphatic carbocycles. The van der Waals surface area contributed by atoms with E-state index in [0.29, 0.717) is 12.8 Å². The van der Waals surface area contributed by atoms with Crippen molar-refractivity contribution in [1.29, 1.82) is 0 Å². The molecule has 19 nitrogen and oxygen atoms in total. The minimum Gasteiger partial charge on any atom is -0.394 e. The molecular weight excluding hydrogens is 1230 g/mol. The molecule has 3 aliphatic rings. The lowest BCUT2D eigenvalue weighted by Gasteiger charge is -2.48. The molecule has 3 fully saturated rings. The molecule has 3 heterocycles. The molecule has 0 bridgehead atoms. The average Bonchev–Trinajstić information content (AvgIpc) is 0.786. The zero-order valence-corrected chi connectivity index (χ0v) is 58.8. The first kappa shape index (κ1) is 86.9. The van der Waals surface area contributed by atoms with Crippen LogP contribution in [0.25, 0.3) is 0 Å². The fourth-order valence-electron chi connectivity index (χ4n) is 12.1. The van der Waals surface area contributed by atoms with E-state index in [1.165, 1.54) is 128 Å². The molecule has 1 amide bonds. The monoisotopic (exact) mass is 1360 g/mol. The quantitative estimate of drug-likeness (QED) is 0.0199. The molecule has 0 aromatic heterocycles. The molecule has 3 aliphatic heterocycles. The molecule has 0 radical (unpaired) electrons. The molecule has 0 spiro atoms. The first-order chi connectivity index (χ1) is 46.8. The van der Waals surface area contributed by atoms with E-state index in [0.717, 1.165) is 89.9 Å². The third kappa shape index (κ3) is 37.9. The number of hydrogen-bond acceptors (Lipinski definition) is 18. The van der Waals surface area contributed by atoms with E-state index in [2.05, 4.69) is 104 Å². The summed E-state index contributed by atoms with van der Waals surface area (Å²) in [5.41, 5.74) is 0. The highest BCUT2D eigenvalue weighted by Gasteiger charge is 2.53. The highest BCUT2D eigenvalue weighted by molar-refractivity contribution is 5.76. The average molecular weight is 1360 g/mol. The number of carbonyl (C=O) groups excluding carboxylic acids is 1. The Morgan fingerprint density at radius 2 is 0.729 bits per heavy atom. The first-order valence-corrected chi connectivity index (χ1v) is 37.5. The number of allylic oxidation sites excluding steroid dienone is 15. The van der Waals surface area contributed by atoms with Crippen LogP contribution >= 0.6 is 0 Å². The van der Waals surface area contributed by atoms with Crippen molar-refractivity contribution in [3.63, 3.8) is 0 Å². The van der Waals surface area contributed by atoms with Crippen molar-refractivity contribution in [2.75, 3.05) is 26.4 Å². The fourth-order valence-corrected chi connectivity index (χ4v) is 12.1. The van der Waals surface area contributed by atoms with E-state index in [4.69, 9.17) is 28.4 Å². The fraction of sp³-hybridized carbons (Fsp3) is 0.779. The Morgan fingerprint density at radius 3 is 1.17 bits per heavy atom. The van der Waals surface area contributed by atoms with Crippen LogP contribution in [0.15, 0.2) is 97.2 Å². The van der Waals surface area contributed by atoms with Gasteiger partial charge in [0.2, 0.25) is 5.91 Å². The SMILES string of the molecule is CC/C=C\C/C=C\C/C=C\C/C=C\C/C=C\C/C=C\CCCCCCCCCCCCCCC(=O)NC(COC1OC(CO)C(OC2OC(CO)C(OC3OC(CO)C(O)C(O)C3O)C(O)C2O)C(O)C1O)C(O)/C=C/CC/C=C/CCCCCCCCCCCCCCCC. The van der Waals surface area contributed by atoms with Gasteiger partial charge in [-0.15, -0.1) is 0 Å². The summed E-state index contributed by atoms with van der Waals surface area (Å²) in [6.07, 6.45) is 49.5. The van der Waals surface area contributed by atoms with E-state index >= 15 is 0 Å². The van der Waals surface area contributed by atoms with Crippen LogP contribution in [0.1, 0.15) is 251 Å². The molecule has 17 atom stereocenters. The Bertz CT molecular complexity index is 2110. The standard InChI is InChI=1S/C77H133NO18/c1-3-5-7-9-11-13-15-17-19-21-23-25-26-27-28-29-30-31-32-33-34-35-37-39-41-43-45-47-49-51-53-55-65(83)78-60(61(82)54-52-50-48-46-44-42-40-38-36-24-22-20-18-16-14-12-10-8-6-4-2)59-91-75-71(89)68(86)73(63(57-80)93-75)96-77-72(90)69(87)74(64(58-81)94-77)95-76-70(88)67(85)66(84)62(56-79)92-76/h5,7,11,13,17,19,23,25,27-28,30-31,44,46,52,54,60-64,66-77,79-82,84-90H,3-4,6,8-10,12,14-16,18,20-22,24,26,29,32-43,45,47-51,53,55-59H2,1-2H3,(H,78,83)/b7-5-,13-11-,19-17-,25-23-,28-27-,31-30-,46-44+,54-52+. The molecule has 0 aromatic rings. The van der Waals surface area contributed by atoms with Gasteiger partial charge in [-0.1, -0.05) is 259 Å². The van der Waals surface area contributed by atoms with E-state index in [1.807, 2.05) is 6.08 Å². The minimum atomic E-state index is -1.99. The second-order valence-corrected chi connectivity index (χ2v) is 26.4.